The third kappa shape index (κ3) is 4.83. The summed E-state index contributed by atoms with van der Waals surface area (Å²) in [7, 11) is 0. The molecule has 0 saturated heterocycles. The zero-order valence-electron chi connectivity index (χ0n) is 12.3. The number of amides is 2. The van der Waals surface area contributed by atoms with E-state index >= 15 is 0 Å². The summed E-state index contributed by atoms with van der Waals surface area (Å²) < 4.78 is 0. The number of urea groups is 1. The van der Waals surface area contributed by atoms with Crippen molar-refractivity contribution in [1.82, 2.24) is 0 Å². The molecule has 0 bridgehead atoms. The number of nitriles is 1. The van der Waals surface area contributed by atoms with Crippen LogP contribution >= 0.6 is 11.8 Å². The van der Waals surface area contributed by atoms with E-state index in [1.807, 2.05) is 55.5 Å². The second-order valence-electron chi connectivity index (χ2n) is 4.70. The van der Waals surface area contributed by atoms with Gasteiger partial charge >= 0.3 is 6.03 Å². The molecule has 0 heterocycles. The predicted molar refractivity (Wildman–Crippen MR) is 91.2 cm³/mol. The molecule has 0 saturated carbocycles. The molecule has 0 fully saturated rings. The van der Waals surface area contributed by atoms with Gasteiger partial charge in [-0.2, -0.15) is 5.26 Å². The van der Waals surface area contributed by atoms with E-state index in [1.165, 1.54) is 0 Å². The molecule has 0 unspecified atom stereocenters. The van der Waals surface area contributed by atoms with Gasteiger partial charge in [0.05, 0.1) is 11.8 Å². The fraction of sp³-hybridized carbons (Fsp3) is 0.176. The van der Waals surface area contributed by atoms with Crippen LogP contribution in [0.15, 0.2) is 53.4 Å². The molecular formula is C17H17N3OS. The van der Waals surface area contributed by atoms with E-state index in [0.29, 0.717) is 12.2 Å². The first-order valence-corrected chi connectivity index (χ1v) is 7.91. The Morgan fingerprint density at radius 2 is 1.86 bits per heavy atom. The van der Waals surface area contributed by atoms with Crippen molar-refractivity contribution in [1.29, 1.82) is 5.26 Å². The number of aryl methyl sites for hydroxylation is 1. The van der Waals surface area contributed by atoms with E-state index in [0.717, 1.165) is 21.8 Å². The minimum Gasteiger partial charge on any atom is -0.308 e. The highest BCUT2D eigenvalue weighted by Crippen LogP contribution is 2.27. The van der Waals surface area contributed by atoms with Gasteiger partial charge in [0.15, 0.2) is 0 Å². The first kappa shape index (κ1) is 15.9. The number of nitrogens with zero attached hydrogens (tertiary/aromatic N) is 1. The van der Waals surface area contributed by atoms with Gasteiger partial charge in [-0.1, -0.05) is 29.8 Å². The Kier molecular flexibility index (Phi) is 5.87. The molecular weight excluding hydrogens is 294 g/mol. The van der Waals surface area contributed by atoms with E-state index < -0.39 is 0 Å². The number of benzene rings is 2. The normalized spacial score (nSPS) is 9.82. The zero-order valence-corrected chi connectivity index (χ0v) is 13.1. The summed E-state index contributed by atoms with van der Waals surface area (Å²) in [6.07, 6.45) is 0.481. The van der Waals surface area contributed by atoms with Gasteiger partial charge in [-0.05, 0) is 31.2 Å². The molecule has 2 aromatic rings. The van der Waals surface area contributed by atoms with Crippen molar-refractivity contribution in [3.8, 4) is 6.07 Å². The maximum absolute atomic E-state index is 12.1. The van der Waals surface area contributed by atoms with Gasteiger partial charge in [0.1, 0.15) is 0 Å². The van der Waals surface area contributed by atoms with Crippen molar-refractivity contribution < 1.29 is 4.79 Å². The number of hydrogen-bond donors (Lipinski definition) is 2. The molecule has 4 nitrogen and oxygen atoms in total. The number of para-hydroxylation sites is 1. The number of thioether (sulfide) groups is 1. The molecule has 0 radical (unpaired) electrons. The topological polar surface area (TPSA) is 64.9 Å². The smallest absolute Gasteiger partial charge is 0.308 e. The van der Waals surface area contributed by atoms with Crippen LogP contribution in [0.5, 0.6) is 0 Å². The van der Waals surface area contributed by atoms with Crippen molar-refractivity contribution in [3.63, 3.8) is 0 Å². The van der Waals surface area contributed by atoms with E-state index in [-0.39, 0.29) is 6.03 Å². The maximum atomic E-state index is 12.1. The number of hydrogen-bond acceptors (Lipinski definition) is 3. The van der Waals surface area contributed by atoms with E-state index in [4.69, 9.17) is 5.26 Å². The lowest BCUT2D eigenvalue weighted by atomic mass is 10.2. The summed E-state index contributed by atoms with van der Waals surface area (Å²) in [5.41, 5.74) is 2.64. The van der Waals surface area contributed by atoms with Crippen LogP contribution in [0.3, 0.4) is 0 Å². The minimum absolute atomic E-state index is 0.280. The van der Waals surface area contributed by atoms with Crippen molar-refractivity contribution in [2.24, 2.45) is 0 Å². The number of nitrogens with one attached hydrogen (secondary N) is 2. The predicted octanol–water partition coefficient (Wildman–Crippen LogP) is 4.64. The molecule has 0 aliphatic rings. The van der Waals surface area contributed by atoms with Gasteiger partial charge in [-0.3, -0.25) is 0 Å². The molecule has 112 valence electrons. The Morgan fingerprint density at radius 3 is 2.59 bits per heavy atom. The van der Waals surface area contributed by atoms with Crippen LogP contribution < -0.4 is 10.6 Å². The molecule has 0 aliphatic heterocycles. The third-order valence-electron chi connectivity index (χ3n) is 2.92. The van der Waals surface area contributed by atoms with Crippen LogP contribution in [-0.2, 0) is 0 Å². The fourth-order valence-electron chi connectivity index (χ4n) is 1.82. The Hall–Kier alpha value is -2.45. The average molecular weight is 311 g/mol. The first-order chi connectivity index (χ1) is 10.7. The van der Waals surface area contributed by atoms with Crippen molar-refractivity contribution >= 4 is 29.2 Å². The van der Waals surface area contributed by atoms with Crippen molar-refractivity contribution in [3.05, 3.63) is 54.1 Å². The van der Waals surface area contributed by atoms with Crippen LogP contribution in [0.1, 0.15) is 12.0 Å². The van der Waals surface area contributed by atoms with Crippen LogP contribution in [-0.4, -0.2) is 11.8 Å². The van der Waals surface area contributed by atoms with Crippen molar-refractivity contribution in [2.45, 2.75) is 18.2 Å². The highest BCUT2D eigenvalue weighted by atomic mass is 32.2. The number of carbonyl (C=O) groups is 1. The SMILES string of the molecule is Cc1ccc(NC(=O)Nc2ccccc2SCCC#N)cc1. The van der Waals surface area contributed by atoms with E-state index in [1.54, 1.807) is 11.8 Å². The summed E-state index contributed by atoms with van der Waals surface area (Å²) in [5, 5.41) is 14.2. The number of carbonyl (C=O) groups excluding carboxylic acids is 1. The van der Waals surface area contributed by atoms with Crippen LogP contribution in [0.2, 0.25) is 0 Å². The lowest BCUT2D eigenvalue weighted by molar-refractivity contribution is 0.262. The highest BCUT2D eigenvalue weighted by molar-refractivity contribution is 7.99. The molecule has 22 heavy (non-hydrogen) atoms. The van der Waals surface area contributed by atoms with Crippen LogP contribution in [0.25, 0.3) is 0 Å². The second kappa shape index (κ2) is 8.11. The Bertz CT molecular complexity index is 677. The Labute approximate surface area is 134 Å². The summed E-state index contributed by atoms with van der Waals surface area (Å²) in [4.78, 5) is 13.0. The van der Waals surface area contributed by atoms with Crippen LogP contribution in [0.4, 0.5) is 16.2 Å². The summed E-state index contributed by atoms with van der Waals surface area (Å²) in [6, 6.07) is 17.0. The lowest BCUT2D eigenvalue weighted by Gasteiger charge is -2.11. The summed E-state index contributed by atoms with van der Waals surface area (Å²) in [5.74, 6) is 0.703. The van der Waals surface area contributed by atoms with Gasteiger partial charge in [0.2, 0.25) is 0 Å². The Morgan fingerprint density at radius 1 is 1.14 bits per heavy atom. The maximum Gasteiger partial charge on any atom is 0.323 e. The molecule has 2 amide bonds. The molecule has 2 aromatic carbocycles. The van der Waals surface area contributed by atoms with Gasteiger partial charge in [-0.25, -0.2) is 4.79 Å². The average Bonchev–Trinajstić information content (AvgIpc) is 2.51. The number of rotatable bonds is 5. The second-order valence-corrected chi connectivity index (χ2v) is 5.83. The fourth-order valence-corrected chi connectivity index (χ4v) is 2.69. The summed E-state index contributed by atoms with van der Waals surface area (Å²) >= 11 is 1.56. The molecule has 0 atom stereocenters. The molecule has 5 heteroatoms. The molecule has 2 rings (SSSR count). The van der Waals surface area contributed by atoms with Gasteiger partial charge in [0, 0.05) is 22.8 Å². The van der Waals surface area contributed by atoms with Gasteiger partial charge < -0.3 is 10.6 Å². The van der Waals surface area contributed by atoms with Crippen molar-refractivity contribution in [2.75, 3.05) is 16.4 Å². The number of anilines is 2. The highest BCUT2D eigenvalue weighted by Gasteiger charge is 2.07. The van der Waals surface area contributed by atoms with Gasteiger partial charge in [-0.15, -0.1) is 11.8 Å². The molecule has 0 aromatic heterocycles. The third-order valence-corrected chi connectivity index (χ3v) is 3.99. The first-order valence-electron chi connectivity index (χ1n) is 6.92. The van der Waals surface area contributed by atoms with E-state index in [9.17, 15) is 4.79 Å². The largest absolute Gasteiger partial charge is 0.323 e. The lowest BCUT2D eigenvalue weighted by Crippen LogP contribution is -2.19. The summed E-state index contributed by atoms with van der Waals surface area (Å²) in [6.45, 7) is 2.00. The zero-order chi connectivity index (χ0) is 15.8. The quantitative estimate of drug-likeness (QED) is 0.624. The monoisotopic (exact) mass is 311 g/mol. The molecule has 0 aliphatic carbocycles. The standard InChI is InChI=1S/C17H17N3OS/c1-13-7-9-14(10-8-13)19-17(21)20-15-5-2-3-6-16(15)22-12-4-11-18/h2-3,5-10H,4,12H2,1H3,(H2,19,20,21). The minimum atomic E-state index is -0.280. The van der Waals surface area contributed by atoms with Gasteiger partial charge in [0.25, 0.3) is 0 Å². The van der Waals surface area contributed by atoms with E-state index in [2.05, 4.69) is 16.7 Å². The Balaban J connectivity index is 1.99. The van der Waals surface area contributed by atoms with Crippen LogP contribution in [0, 0.1) is 18.3 Å². The molecule has 0 spiro atoms. The molecule has 2 N–H and O–H groups in total.